The Bertz CT molecular complexity index is 279. The van der Waals surface area contributed by atoms with Crippen molar-refractivity contribution in [3.8, 4) is 0 Å². The largest absolute Gasteiger partial charge is 0.244 e. The number of aryl methyl sites for hydroxylation is 1. The maximum atomic E-state index is 5.86. The second-order valence-corrected chi connectivity index (χ2v) is 3.76. The maximum absolute atomic E-state index is 5.86. The normalized spacial score (nSPS) is 10.8. The average molecular weight is 198 g/mol. The number of rotatable bonds is 3. The van der Waals surface area contributed by atoms with Gasteiger partial charge in [0.15, 0.2) is 0 Å². The van der Waals surface area contributed by atoms with Gasteiger partial charge in [0.1, 0.15) is 5.15 Å². The summed E-state index contributed by atoms with van der Waals surface area (Å²) < 4.78 is 0. The van der Waals surface area contributed by atoms with E-state index in [0.717, 1.165) is 12.8 Å². The summed E-state index contributed by atoms with van der Waals surface area (Å²) in [5.41, 5.74) is 2.60. The van der Waals surface area contributed by atoms with Crippen LogP contribution in [0.25, 0.3) is 0 Å². The molecule has 0 aromatic carbocycles. The van der Waals surface area contributed by atoms with E-state index in [9.17, 15) is 0 Å². The molecule has 0 unspecified atom stereocenters. The molecule has 0 amide bonds. The topological polar surface area (TPSA) is 12.9 Å². The van der Waals surface area contributed by atoms with Crippen molar-refractivity contribution in [2.24, 2.45) is 0 Å². The van der Waals surface area contributed by atoms with E-state index in [1.165, 1.54) is 11.1 Å². The van der Waals surface area contributed by atoms with E-state index in [0.29, 0.717) is 11.1 Å². The van der Waals surface area contributed by atoms with Crippen LogP contribution in [0.15, 0.2) is 12.3 Å². The molecule has 0 spiro atoms. The molecular weight excluding hydrogens is 182 g/mol. The fourth-order valence-electron chi connectivity index (χ4n) is 1.68. The van der Waals surface area contributed by atoms with Crippen LogP contribution >= 0.6 is 11.6 Å². The molecule has 72 valence electrons. The molecule has 0 aliphatic rings. The van der Waals surface area contributed by atoms with Crippen molar-refractivity contribution >= 4 is 11.6 Å². The molecule has 0 bridgehead atoms. The van der Waals surface area contributed by atoms with Crippen molar-refractivity contribution in [3.63, 3.8) is 0 Å². The lowest BCUT2D eigenvalue weighted by Crippen LogP contribution is -1.99. The molecule has 0 radical (unpaired) electrons. The smallest absolute Gasteiger partial charge is 0.129 e. The molecule has 2 heteroatoms. The van der Waals surface area contributed by atoms with Crippen LogP contribution < -0.4 is 0 Å². The molecule has 0 saturated heterocycles. The summed E-state index contributed by atoms with van der Waals surface area (Å²) >= 11 is 5.86. The van der Waals surface area contributed by atoms with Crippen molar-refractivity contribution < 1.29 is 0 Å². The van der Waals surface area contributed by atoms with Crippen molar-refractivity contribution in [1.82, 2.24) is 4.98 Å². The lowest BCUT2D eigenvalue weighted by molar-refractivity contribution is 0.637. The summed E-state index contributed by atoms with van der Waals surface area (Å²) in [5.74, 6) is 0.625. The number of hydrogen-bond donors (Lipinski definition) is 0. The Kier molecular flexibility index (Phi) is 3.73. The van der Waals surface area contributed by atoms with Crippen molar-refractivity contribution in [1.29, 1.82) is 0 Å². The predicted octanol–water partition coefficient (Wildman–Crippen LogP) is 3.95. The van der Waals surface area contributed by atoms with Crippen LogP contribution in [0, 0.1) is 6.92 Å². The number of aromatic nitrogens is 1. The minimum absolute atomic E-state index is 0.604. The number of halogens is 1. The highest BCUT2D eigenvalue weighted by Gasteiger charge is 2.10. The molecule has 1 heterocycles. The van der Waals surface area contributed by atoms with E-state index in [1.54, 1.807) is 0 Å². The zero-order chi connectivity index (χ0) is 9.84. The van der Waals surface area contributed by atoms with Crippen LogP contribution in [-0.4, -0.2) is 4.98 Å². The zero-order valence-corrected chi connectivity index (χ0v) is 9.23. The van der Waals surface area contributed by atoms with Gasteiger partial charge in [-0.2, -0.15) is 0 Å². The summed E-state index contributed by atoms with van der Waals surface area (Å²) in [6, 6.07) is 1.99. The van der Waals surface area contributed by atoms with Gasteiger partial charge in [0.25, 0.3) is 0 Å². The van der Waals surface area contributed by atoms with E-state index in [-0.39, 0.29) is 0 Å². The lowest BCUT2D eigenvalue weighted by atomic mass is 9.92. The van der Waals surface area contributed by atoms with E-state index in [1.807, 2.05) is 12.3 Å². The third-order valence-corrected chi connectivity index (χ3v) is 2.74. The zero-order valence-electron chi connectivity index (χ0n) is 8.47. The summed E-state index contributed by atoms with van der Waals surface area (Å²) in [4.78, 5) is 4.06. The summed E-state index contributed by atoms with van der Waals surface area (Å²) in [5, 5.41) is 0.604. The van der Waals surface area contributed by atoms with Gasteiger partial charge in [0.2, 0.25) is 0 Å². The summed E-state index contributed by atoms with van der Waals surface area (Å²) in [7, 11) is 0. The molecule has 1 aromatic heterocycles. The Labute approximate surface area is 85.1 Å². The molecule has 0 atom stereocenters. The van der Waals surface area contributed by atoms with Crippen molar-refractivity contribution in [2.75, 3.05) is 0 Å². The van der Waals surface area contributed by atoms with Crippen LogP contribution in [0.4, 0.5) is 0 Å². The van der Waals surface area contributed by atoms with Gasteiger partial charge in [-0.05, 0) is 42.9 Å². The molecule has 1 aromatic rings. The SMILES string of the molecule is CCC(CC)c1cc(Cl)ncc1C. The van der Waals surface area contributed by atoms with E-state index < -0.39 is 0 Å². The molecule has 0 fully saturated rings. The molecule has 1 nitrogen and oxygen atoms in total. The minimum Gasteiger partial charge on any atom is -0.244 e. The predicted molar refractivity (Wildman–Crippen MR) is 57.3 cm³/mol. The van der Waals surface area contributed by atoms with Crippen LogP contribution in [-0.2, 0) is 0 Å². The number of hydrogen-bond acceptors (Lipinski definition) is 1. The van der Waals surface area contributed by atoms with Crippen molar-refractivity contribution in [2.45, 2.75) is 39.5 Å². The second-order valence-electron chi connectivity index (χ2n) is 3.38. The Balaban J connectivity index is 3.03. The highest BCUT2D eigenvalue weighted by atomic mass is 35.5. The summed E-state index contributed by atoms with van der Waals surface area (Å²) in [6.45, 7) is 6.51. The van der Waals surface area contributed by atoms with Gasteiger partial charge in [0.05, 0.1) is 0 Å². The van der Waals surface area contributed by atoms with E-state index in [4.69, 9.17) is 11.6 Å². The van der Waals surface area contributed by atoms with Crippen LogP contribution in [0.1, 0.15) is 43.7 Å². The van der Waals surface area contributed by atoms with Gasteiger partial charge in [0, 0.05) is 6.20 Å². The lowest BCUT2D eigenvalue weighted by Gasteiger charge is -2.15. The third-order valence-electron chi connectivity index (χ3n) is 2.54. The Morgan fingerprint density at radius 2 is 2.00 bits per heavy atom. The molecular formula is C11H16ClN. The highest BCUT2D eigenvalue weighted by molar-refractivity contribution is 6.29. The fraction of sp³-hybridized carbons (Fsp3) is 0.545. The van der Waals surface area contributed by atoms with E-state index >= 15 is 0 Å². The Hall–Kier alpha value is -0.560. The fourth-order valence-corrected chi connectivity index (χ4v) is 1.85. The van der Waals surface area contributed by atoms with E-state index in [2.05, 4.69) is 25.8 Å². The molecule has 13 heavy (non-hydrogen) atoms. The first-order chi connectivity index (χ1) is 6.19. The first-order valence-electron chi connectivity index (χ1n) is 4.81. The van der Waals surface area contributed by atoms with Gasteiger partial charge in [-0.1, -0.05) is 25.4 Å². The second kappa shape index (κ2) is 4.61. The maximum Gasteiger partial charge on any atom is 0.129 e. The average Bonchev–Trinajstić information content (AvgIpc) is 2.13. The van der Waals surface area contributed by atoms with Gasteiger partial charge < -0.3 is 0 Å². The quantitative estimate of drug-likeness (QED) is 0.669. The van der Waals surface area contributed by atoms with Gasteiger partial charge >= 0.3 is 0 Å². The first kappa shape index (κ1) is 10.5. The van der Waals surface area contributed by atoms with Crippen LogP contribution in [0.2, 0.25) is 5.15 Å². The standard InChI is InChI=1S/C11H16ClN/c1-4-9(5-2)10-6-11(12)13-7-8(10)3/h6-7,9H,4-5H2,1-3H3. The van der Waals surface area contributed by atoms with Gasteiger partial charge in [-0.25, -0.2) is 4.98 Å². The monoisotopic (exact) mass is 197 g/mol. The number of pyridine rings is 1. The molecule has 0 saturated carbocycles. The Morgan fingerprint density at radius 3 is 2.54 bits per heavy atom. The summed E-state index contributed by atoms with van der Waals surface area (Å²) in [6.07, 6.45) is 4.19. The molecule has 0 aliphatic heterocycles. The first-order valence-corrected chi connectivity index (χ1v) is 5.18. The molecule has 0 aliphatic carbocycles. The van der Waals surface area contributed by atoms with Gasteiger partial charge in [-0.15, -0.1) is 0 Å². The third kappa shape index (κ3) is 2.44. The van der Waals surface area contributed by atoms with Crippen LogP contribution in [0.5, 0.6) is 0 Å². The van der Waals surface area contributed by atoms with Gasteiger partial charge in [-0.3, -0.25) is 0 Å². The minimum atomic E-state index is 0.604. The number of nitrogens with zero attached hydrogens (tertiary/aromatic N) is 1. The highest BCUT2D eigenvalue weighted by Crippen LogP contribution is 2.26. The molecule has 1 rings (SSSR count). The van der Waals surface area contributed by atoms with Crippen LogP contribution in [0.3, 0.4) is 0 Å². The van der Waals surface area contributed by atoms with Crippen molar-refractivity contribution in [3.05, 3.63) is 28.5 Å². The molecule has 0 N–H and O–H groups in total. The Morgan fingerprint density at radius 1 is 1.38 bits per heavy atom.